The zero-order chi connectivity index (χ0) is 18.6. The summed E-state index contributed by atoms with van der Waals surface area (Å²) in [6, 6.07) is 14.4. The minimum atomic E-state index is -0.428. The molecule has 0 spiro atoms. The average molecular weight is 385 g/mol. The van der Waals surface area contributed by atoms with Gasteiger partial charge in [0.05, 0.1) is 11.5 Å². The van der Waals surface area contributed by atoms with E-state index in [-0.39, 0.29) is 17.8 Å². The van der Waals surface area contributed by atoms with Gasteiger partial charge in [0.1, 0.15) is 5.82 Å². The van der Waals surface area contributed by atoms with Gasteiger partial charge >= 0.3 is 0 Å². The molecule has 2 aliphatic heterocycles. The number of benzene rings is 2. The lowest BCUT2D eigenvalue weighted by molar-refractivity contribution is -0.135. The lowest BCUT2D eigenvalue weighted by Crippen LogP contribution is -2.41. The van der Waals surface area contributed by atoms with Crippen LogP contribution >= 0.6 is 11.6 Å². The van der Waals surface area contributed by atoms with Gasteiger partial charge in [-0.25, -0.2) is 4.39 Å². The van der Waals surface area contributed by atoms with Crippen molar-refractivity contribution in [2.45, 2.75) is 24.3 Å². The maximum Gasteiger partial charge on any atom is 0.233 e. The molecular weight excluding hydrogens is 363 g/mol. The third kappa shape index (κ3) is 2.77. The summed E-state index contributed by atoms with van der Waals surface area (Å²) < 4.78 is 13.9. The predicted octanol–water partition coefficient (Wildman–Crippen LogP) is 3.93. The second kappa shape index (κ2) is 6.32. The van der Waals surface area contributed by atoms with Gasteiger partial charge in [-0.2, -0.15) is 0 Å². The van der Waals surface area contributed by atoms with E-state index in [4.69, 9.17) is 11.6 Å². The number of carbonyl (C=O) groups excluding carboxylic acids is 1. The van der Waals surface area contributed by atoms with E-state index in [1.807, 2.05) is 35.2 Å². The Kier molecular flexibility index (Phi) is 4.03. The van der Waals surface area contributed by atoms with Crippen LogP contribution in [0.4, 0.5) is 4.39 Å². The molecule has 5 heteroatoms. The number of hydrogen-bond acceptors (Lipinski definition) is 2. The van der Waals surface area contributed by atoms with E-state index in [1.54, 1.807) is 12.1 Å². The highest BCUT2D eigenvalue weighted by molar-refractivity contribution is 6.30. The number of hydrogen-bond donors (Lipinski definition) is 1. The van der Waals surface area contributed by atoms with Crippen LogP contribution in [-0.4, -0.2) is 30.4 Å². The summed E-state index contributed by atoms with van der Waals surface area (Å²) in [5.74, 6) is 0.724. The minimum Gasteiger partial charge on any atom is -0.334 e. The van der Waals surface area contributed by atoms with E-state index in [0.717, 1.165) is 43.6 Å². The summed E-state index contributed by atoms with van der Waals surface area (Å²) in [4.78, 5) is 15.7. The van der Waals surface area contributed by atoms with Gasteiger partial charge in [-0.15, -0.1) is 0 Å². The molecule has 2 heterocycles. The van der Waals surface area contributed by atoms with E-state index < -0.39 is 5.41 Å². The zero-order valence-electron chi connectivity index (χ0n) is 15.0. The van der Waals surface area contributed by atoms with Crippen LogP contribution in [-0.2, 0) is 10.2 Å². The summed E-state index contributed by atoms with van der Waals surface area (Å²) in [6.45, 7) is 2.55. The van der Waals surface area contributed by atoms with Crippen molar-refractivity contribution in [3.05, 3.63) is 70.5 Å². The largest absolute Gasteiger partial charge is 0.334 e. The Bertz CT molecular complexity index is 880. The Labute approximate surface area is 163 Å². The Morgan fingerprint density at radius 2 is 1.93 bits per heavy atom. The van der Waals surface area contributed by atoms with Crippen LogP contribution in [0.25, 0.3) is 0 Å². The van der Waals surface area contributed by atoms with Gasteiger partial charge in [0.2, 0.25) is 5.91 Å². The van der Waals surface area contributed by atoms with E-state index >= 15 is 0 Å². The van der Waals surface area contributed by atoms with Crippen molar-refractivity contribution >= 4 is 17.5 Å². The van der Waals surface area contributed by atoms with E-state index in [0.29, 0.717) is 16.9 Å². The highest BCUT2D eigenvalue weighted by Crippen LogP contribution is 2.53. The number of rotatable bonds is 3. The van der Waals surface area contributed by atoms with E-state index in [1.165, 1.54) is 6.07 Å². The van der Waals surface area contributed by atoms with Crippen LogP contribution < -0.4 is 5.32 Å². The number of fused-ring (bicyclic) bond motifs is 1. The van der Waals surface area contributed by atoms with Crippen LogP contribution in [0.2, 0.25) is 5.02 Å². The van der Waals surface area contributed by atoms with Crippen molar-refractivity contribution in [1.82, 2.24) is 10.2 Å². The van der Waals surface area contributed by atoms with Gasteiger partial charge in [0.15, 0.2) is 0 Å². The number of nitrogens with zero attached hydrogens (tertiary/aromatic N) is 1. The Morgan fingerprint density at radius 3 is 2.63 bits per heavy atom. The molecule has 0 radical (unpaired) electrons. The molecule has 3 atom stereocenters. The fourth-order valence-electron chi connectivity index (χ4n) is 5.04. The van der Waals surface area contributed by atoms with Gasteiger partial charge in [0, 0.05) is 30.6 Å². The second-order valence-corrected chi connectivity index (χ2v) is 8.56. The van der Waals surface area contributed by atoms with Crippen molar-refractivity contribution in [2.24, 2.45) is 11.8 Å². The van der Waals surface area contributed by atoms with Crippen molar-refractivity contribution in [3.63, 3.8) is 0 Å². The first-order valence-corrected chi connectivity index (χ1v) is 10.00. The second-order valence-electron chi connectivity index (χ2n) is 8.13. The first-order valence-electron chi connectivity index (χ1n) is 9.62. The lowest BCUT2D eigenvalue weighted by atomic mass is 9.88. The Morgan fingerprint density at radius 1 is 1.15 bits per heavy atom. The molecule has 0 unspecified atom stereocenters. The number of likely N-dealkylation sites (tertiary alicyclic amines) is 1. The van der Waals surface area contributed by atoms with Crippen LogP contribution in [0.15, 0.2) is 48.5 Å². The molecule has 1 saturated carbocycles. The Balaban J connectivity index is 1.51. The molecule has 1 amide bonds. The molecule has 2 aromatic rings. The molecule has 1 N–H and O–H groups in total. The smallest absolute Gasteiger partial charge is 0.233 e. The normalized spacial score (nSPS) is 28.2. The summed E-state index contributed by atoms with van der Waals surface area (Å²) >= 11 is 6.03. The molecule has 1 aliphatic carbocycles. The van der Waals surface area contributed by atoms with Crippen LogP contribution in [0.3, 0.4) is 0 Å². The van der Waals surface area contributed by atoms with Gasteiger partial charge in [-0.3, -0.25) is 4.79 Å². The molecule has 140 valence electrons. The summed E-state index contributed by atoms with van der Waals surface area (Å²) in [5.41, 5.74) is 1.53. The fourth-order valence-corrected chi connectivity index (χ4v) is 5.17. The SMILES string of the molecule is O=C(N1C[C@@H]2CNC[C@@H]2[C@H]1c1cccc(F)c1)C1(c2ccc(Cl)cc2)CC1. The first-order chi connectivity index (χ1) is 13.1. The van der Waals surface area contributed by atoms with E-state index in [2.05, 4.69) is 5.32 Å². The van der Waals surface area contributed by atoms with Crippen LogP contribution in [0, 0.1) is 17.7 Å². The Hall–Kier alpha value is -1.91. The number of amides is 1. The molecule has 2 saturated heterocycles. The maximum atomic E-state index is 13.9. The summed E-state index contributed by atoms with van der Waals surface area (Å²) in [6.07, 6.45) is 1.74. The molecule has 3 nitrogen and oxygen atoms in total. The standard InChI is InChI=1S/C22H22ClFN2O/c23-17-6-4-16(5-7-17)22(8-9-22)21(27)26-13-15-11-25-12-19(15)20(26)14-2-1-3-18(24)10-14/h1-7,10,15,19-20,25H,8-9,11-13H2/t15-,19-,20+/m0/s1. The van der Waals surface area contributed by atoms with Gasteiger partial charge in [-0.1, -0.05) is 35.9 Å². The fraction of sp³-hybridized carbons (Fsp3) is 0.409. The highest BCUT2D eigenvalue weighted by Gasteiger charge is 2.57. The van der Waals surface area contributed by atoms with Crippen molar-refractivity contribution < 1.29 is 9.18 Å². The number of nitrogens with one attached hydrogen (secondary N) is 1. The number of halogens is 2. The van der Waals surface area contributed by atoms with Crippen molar-refractivity contribution in [2.75, 3.05) is 19.6 Å². The maximum absolute atomic E-state index is 13.9. The molecule has 0 bridgehead atoms. The topological polar surface area (TPSA) is 32.3 Å². The molecule has 27 heavy (non-hydrogen) atoms. The zero-order valence-corrected chi connectivity index (χ0v) is 15.8. The van der Waals surface area contributed by atoms with Crippen LogP contribution in [0.5, 0.6) is 0 Å². The third-order valence-electron chi connectivity index (χ3n) is 6.57. The van der Waals surface area contributed by atoms with Crippen LogP contribution in [0.1, 0.15) is 30.0 Å². The number of carbonyl (C=O) groups is 1. The quantitative estimate of drug-likeness (QED) is 0.869. The highest BCUT2D eigenvalue weighted by atomic mass is 35.5. The molecule has 3 fully saturated rings. The van der Waals surface area contributed by atoms with Gasteiger partial charge < -0.3 is 10.2 Å². The lowest BCUT2D eigenvalue weighted by Gasteiger charge is -2.32. The van der Waals surface area contributed by atoms with Gasteiger partial charge in [0.25, 0.3) is 0 Å². The molecular formula is C22H22ClFN2O. The average Bonchev–Trinajstić information content (AvgIpc) is 3.20. The van der Waals surface area contributed by atoms with Gasteiger partial charge in [-0.05, 0) is 54.2 Å². The summed E-state index contributed by atoms with van der Waals surface area (Å²) in [5, 5.41) is 4.13. The molecule has 3 aliphatic rings. The minimum absolute atomic E-state index is 0.0574. The monoisotopic (exact) mass is 384 g/mol. The van der Waals surface area contributed by atoms with E-state index in [9.17, 15) is 9.18 Å². The molecule has 0 aromatic heterocycles. The molecule has 5 rings (SSSR count). The van der Waals surface area contributed by atoms with Crippen molar-refractivity contribution in [3.8, 4) is 0 Å². The molecule has 2 aromatic carbocycles. The predicted molar refractivity (Wildman–Crippen MR) is 103 cm³/mol. The van der Waals surface area contributed by atoms with Crippen molar-refractivity contribution in [1.29, 1.82) is 0 Å². The summed E-state index contributed by atoms with van der Waals surface area (Å²) in [7, 11) is 0. The third-order valence-corrected chi connectivity index (χ3v) is 6.82. The first kappa shape index (κ1) is 17.2.